The first-order chi connectivity index (χ1) is 5.06. The largest absolute Gasteiger partial charge is 0.480 e. The molecule has 0 fully saturated rings. The summed E-state index contributed by atoms with van der Waals surface area (Å²) in [5.41, 5.74) is 4.08. The topological polar surface area (TPSA) is 83.5 Å². The molecule has 0 aromatic carbocycles. The quantitative estimate of drug-likeness (QED) is 0.482. The molecule has 0 rings (SSSR count). The Morgan fingerprint density at radius 2 is 2.27 bits per heavy atom. The van der Waals surface area contributed by atoms with Gasteiger partial charge in [0.25, 0.3) is 0 Å². The monoisotopic (exact) mass is 159 g/mol. The summed E-state index contributed by atoms with van der Waals surface area (Å²) in [5.74, 6) is -1.11. The molecule has 1 atom stereocenters. The Morgan fingerprint density at radius 1 is 1.73 bits per heavy atom. The Kier molecular flexibility index (Phi) is 3.78. The van der Waals surface area contributed by atoms with Gasteiger partial charge in [0.2, 0.25) is 0 Å². The highest BCUT2D eigenvalue weighted by molar-refractivity contribution is 5.78. The number of aliphatic carboxylic acids is 1. The third-order valence-corrected chi connectivity index (χ3v) is 1.49. The van der Waals surface area contributed by atoms with Crippen LogP contribution in [-0.4, -0.2) is 28.3 Å². The molecule has 0 spiro atoms. The highest BCUT2D eigenvalue weighted by Gasteiger charge is 2.31. The van der Waals surface area contributed by atoms with Crippen LogP contribution < -0.4 is 5.73 Å². The van der Waals surface area contributed by atoms with Crippen molar-refractivity contribution < 1.29 is 15.0 Å². The predicted molar refractivity (Wildman–Crippen MR) is 41.1 cm³/mol. The first-order valence-electron chi connectivity index (χ1n) is 3.31. The Morgan fingerprint density at radius 3 is 2.55 bits per heavy atom. The van der Waals surface area contributed by atoms with E-state index in [9.17, 15) is 4.79 Å². The highest BCUT2D eigenvalue weighted by atomic mass is 16.4. The van der Waals surface area contributed by atoms with Gasteiger partial charge in [0, 0.05) is 6.61 Å². The maximum atomic E-state index is 10.5. The number of carbonyl (C=O) groups is 1. The number of carboxylic acids is 1. The molecular formula is C7H13NO3. The number of aliphatic hydroxyl groups is 1. The molecule has 64 valence electrons. The number of hydrogen-bond acceptors (Lipinski definition) is 3. The zero-order valence-electron chi connectivity index (χ0n) is 6.29. The fourth-order valence-electron chi connectivity index (χ4n) is 0.753. The van der Waals surface area contributed by atoms with Crippen LogP contribution in [0.3, 0.4) is 0 Å². The van der Waals surface area contributed by atoms with Gasteiger partial charge in [-0.05, 0) is 12.8 Å². The molecule has 4 nitrogen and oxygen atoms in total. The predicted octanol–water partition coefficient (Wildman–Crippen LogP) is -0.273. The van der Waals surface area contributed by atoms with Crippen molar-refractivity contribution in [3.8, 4) is 0 Å². The van der Waals surface area contributed by atoms with E-state index in [2.05, 4.69) is 6.58 Å². The van der Waals surface area contributed by atoms with Crippen LogP contribution in [0, 0.1) is 0 Å². The second-order valence-corrected chi connectivity index (χ2v) is 2.43. The Hall–Kier alpha value is -0.870. The van der Waals surface area contributed by atoms with E-state index in [-0.39, 0.29) is 19.4 Å². The fraction of sp³-hybridized carbons (Fsp3) is 0.571. The van der Waals surface area contributed by atoms with E-state index in [0.29, 0.717) is 0 Å². The van der Waals surface area contributed by atoms with Crippen molar-refractivity contribution in [2.75, 3.05) is 6.61 Å². The van der Waals surface area contributed by atoms with Crippen LogP contribution in [-0.2, 0) is 4.79 Å². The maximum absolute atomic E-state index is 10.5. The molecule has 4 N–H and O–H groups in total. The molecule has 1 unspecified atom stereocenters. The van der Waals surface area contributed by atoms with Crippen molar-refractivity contribution in [3.63, 3.8) is 0 Å². The van der Waals surface area contributed by atoms with Crippen LogP contribution in [0.15, 0.2) is 12.7 Å². The van der Waals surface area contributed by atoms with Gasteiger partial charge in [-0.1, -0.05) is 6.08 Å². The molecule has 0 aliphatic rings. The van der Waals surface area contributed by atoms with E-state index in [1.54, 1.807) is 0 Å². The molecule has 0 saturated carbocycles. The summed E-state index contributed by atoms with van der Waals surface area (Å²) in [6.07, 6.45) is 1.65. The molecule has 0 amide bonds. The minimum atomic E-state index is -1.35. The van der Waals surface area contributed by atoms with E-state index in [1.807, 2.05) is 0 Å². The first-order valence-corrected chi connectivity index (χ1v) is 3.31. The molecule has 0 aromatic heterocycles. The minimum Gasteiger partial charge on any atom is -0.480 e. The molecule has 0 heterocycles. The van der Waals surface area contributed by atoms with Gasteiger partial charge in [-0.3, -0.25) is 4.79 Å². The van der Waals surface area contributed by atoms with Crippen molar-refractivity contribution in [3.05, 3.63) is 12.7 Å². The number of rotatable bonds is 5. The molecular weight excluding hydrogens is 146 g/mol. The van der Waals surface area contributed by atoms with Gasteiger partial charge >= 0.3 is 5.97 Å². The molecule has 0 aliphatic heterocycles. The fourth-order valence-corrected chi connectivity index (χ4v) is 0.753. The molecule has 11 heavy (non-hydrogen) atoms. The lowest BCUT2D eigenvalue weighted by molar-refractivity contribution is -0.143. The van der Waals surface area contributed by atoms with Gasteiger partial charge in [-0.25, -0.2) is 0 Å². The summed E-state index contributed by atoms with van der Waals surface area (Å²) in [7, 11) is 0. The van der Waals surface area contributed by atoms with Crippen LogP contribution in [0.1, 0.15) is 12.8 Å². The van der Waals surface area contributed by atoms with Crippen molar-refractivity contribution in [1.82, 2.24) is 0 Å². The lowest BCUT2D eigenvalue weighted by Crippen LogP contribution is -2.48. The van der Waals surface area contributed by atoms with Gasteiger partial charge in [-0.15, -0.1) is 6.58 Å². The van der Waals surface area contributed by atoms with Crippen molar-refractivity contribution in [2.45, 2.75) is 18.4 Å². The standard InChI is InChI=1S/C7H13NO3/c1-2-3-7(8,4-5-9)6(10)11/h2,9H,1,3-5,8H2,(H,10,11). The van der Waals surface area contributed by atoms with Gasteiger partial charge in [0.05, 0.1) is 0 Å². The van der Waals surface area contributed by atoms with Gasteiger partial charge < -0.3 is 15.9 Å². The Labute approximate surface area is 65.3 Å². The van der Waals surface area contributed by atoms with Crippen LogP contribution in [0.4, 0.5) is 0 Å². The van der Waals surface area contributed by atoms with E-state index in [0.717, 1.165) is 0 Å². The first kappa shape index (κ1) is 10.1. The smallest absolute Gasteiger partial charge is 0.324 e. The molecule has 0 bridgehead atoms. The number of hydrogen-bond donors (Lipinski definition) is 3. The molecule has 0 radical (unpaired) electrons. The van der Waals surface area contributed by atoms with Crippen molar-refractivity contribution in [1.29, 1.82) is 0 Å². The third-order valence-electron chi connectivity index (χ3n) is 1.49. The number of nitrogens with two attached hydrogens (primary N) is 1. The van der Waals surface area contributed by atoms with Gasteiger partial charge in [-0.2, -0.15) is 0 Å². The van der Waals surface area contributed by atoms with Gasteiger partial charge in [0.1, 0.15) is 5.54 Å². The zero-order valence-corrected chi connectivity index (χ0v) is 6.29. The average molecular weight is 159 g/mol. The number of aliphatic hydroxyl groups excluding tert-OH is 1. The SMILES string of the molecule is C=CCC(N)(CCO)C(=O)O. The molecule has 0 aromatic rings. The molecule has 4 heteroatoms. The zero-order chi connectivity index (χ0) is 8.91. The summed E-state index contributed by atoms with van der Waals surface area (Å²) in [6, 6.07) is 0. The van der Waals surface area contributed by atoms with E-state index < -0.39 is 11.5 Å². The van der Waals surface area contributed by atoms with E-state index in [1.165, 1.54) is 6.08 Å². The second-order valence-electron chi connectivity index (χ2n) is 2.43. The maximum Gasteiger partial charge on any atom is 0.324 e. The second kappa shape index (κ2) is 4.10. The lowest BCUT2D eigenvalue weighted by atomic mass is 9.93. The van der Waals surface area contributed by atoms with Crippen LogP contribution in [0.25, 0.3) is 0 Å². The Balaban J connectivity index is 4.24. The lowest BCUT2D eigenvalue weighted by Gasteiger charge is -2.21. The minimum absolute atomic E-state index is 0.0500. The normalized spacial score (nSPS) is 15.5. The highest BCUT2D eigenvalue weighted by Crippen LogP contribution is 2.11. The summed E-state index contributed by atoms with van der Waals surface area (Å²) in [5, 5.41) is 17.1. The van der Waals surface area contributed by atoms with Crippen molar-refractivity contribution >= 4 is 5.97 Å². The Bertz CT molecular complexity index is 158. The van der Waals surface area contributed by atoms with Crippen LogP contribution in [0.5, 0.6) is 0 Å². The summed E-state index contributed by atoms with van der Waals surface area (Å²) >= 11 is 0. The van der Waals surface area contributed by atoms with E-state index >= 15 is 0 Å². The molecule has 0 aliphatic carbocycles. The average Bonchev–Trinajstić information content (AvgIpc) is 1.88. The summed E-state index contributed by atoms with van der Waals surface area (Å²) in [4.78, 5) is 10.5. The molecule has 0 saturated heterocycles. The van der Waals surface area contributed by atoms with Crippen LogP contribution in [0.2, 0.25) is 0 Å². The van der Waals surface area contributed by atoms with E-state index in [4.69, 9.17) is 15.9 Å². The third kappa shape index (κ3) is 2.69. The number of carboxylic acid groups (broad SMARTS) is 1. The van der Waals surface area contributed by atoms with Crippen LogP contribution >= 0.6 is 0 Å². The summed E-state index contributed by atoms with van der Waals surface area (Å²) in [6.45, 7) is 3.16. The van der Waals surface area contributed by atoms with Gasteiger partial charge in [0.15, 0.2) is 0 Å². The van der Waals surface area contributed by atoms with Crippen molar-refractivity contribution in [2.24, 2.45) is 5.73 Å². The summed E-state index contributed by atoms with van der Waals surface area (Å²) < 4.78 is 0.